The molecule has 0 aliphatic carbocycles. The third-order valence-electron chi connectivity index (χ3n) is 0. The van der Waals surface area contributed by atoms with E-state index in [1.165, 1.54) is 0 Å². The third kappa shape index (κ3) is 14200. The Morgan fingerprint density at radius 3 is 1.00 bits per heavy atom. The molecule has 50 valence electrons. The van der Waals surface area contributed by atoms with Crippen LogP contribution in [0.25, 0.3) is 0 Å². The van der Waals surface area contributed by atoms with Gasteiger partial charge in [0.1, 0.15) is 0 Å². The molecule has 0 spiro atoms. The molecule has 0 aromatic heterocycles. The topological polar surface area (TPSA) is 74.6 Å². The summed E-state index contributed by atoms with van der Waals surface area (Å²) in [5.74, 6) is -1.67. The van der Waals surface area contributed by atoms with Gasteiger partial charge in [-0.3, -0.25) is 9.59 Å². The van der Waals surface area contributed by atoms with Crippen molar-refractivity contribution in [3.8, 4) is 0 Å². The van der Waals surface area contributed by atoms with E-state index >= 15 is 0 Å². The molecule has 0 unspecified atom stereocenters. The Hall–Kier alpha value is -0.138. The maximum absolute atomic E-state index is 9.00. The Labute approximate surface area is 73.0 Å². The zero-order chi connectivity index (χ0) is 7.15. The quantitative estimate of drug-likeness (QED) is 0.584. The van der Waals surface area contributed by atoms with Crippen LogP contribution in [0.2, 0.25) is 0 Å². The number of aliphatic carboxylic acids is 2. The first kappa shape index (κ1) is 15.9. The molecule has 0 aliphatic rings. The fourth-order valence-electron chi connectivity index (χ4n) is 0. The third-order valence-corrected chi connectivity index (χ3v) is 0. The summed E-state index contributed by atoms with van der Waals surface area (Å²) in [6.07, 6.45) is 0. The number of carboxylic acid groups (broad SMARTS) is 2. The molecule has 5 heteroatoms. The minimum absolute atomic E-state index is 0. The van der Waals surface area contributed by atoms with Crippen LogP contribution in [0.4, 0.5) is 0 Å². The van der Waals surface area contributed by atoms with Crippen LogP contribution in [0.15, 0.2) is 0 Å². The Morgan fingerprint density at radius 1 is 1.00 bits per heavy atom. The summed E-state index contributed by atoms with van der Waals surface area (Å²) in [4.78, 5) is 18.0. The van der Waals surface area contributed by atoms with Gasteiger partial charge in [-0.15, -0.1) is 0 Å². The normalized spacial score (nSPS) is 5.56. The van der Waals surface area contributed by atoms with Crippen molar-refractivity contribution in [2.75, 3.05) is 0 Å². The van der Waals surface area contributed by atoms with Gasteiger partial charge in [0.15, 0.2) is 0 Å². The molecule has 0 atom stereocenters. The van der Waals surface area contributed by atoms with Crippen LogP contribution in [0.3, 0.4) is 0 Å². The Bertz CT molecular complexity index is 70.6. The summed E-state index contributed by atoms with van der Waals surface area (Å²) in [7, 11) is 0. The van der Waals surface area contributed by atoms with E-state index in [2.05, 4.69) is 0 Å². The second kappa shape index (κ2) is 10.8. The molecule has 0 saturated heterocycles. The molecule has 0 aromatic rings. The number of hydrogen-bond donors (Lipinski definition) is 2. The van der Waals surface area contributed by atoms with Crippen LogP contribution in [-0.2, 0) is 36.9 Å². The van der Waals surface area contributed by atoms with E-state index in [0.29, 0.717) is 0 Å². The summed E-state index contributed by atoms with van der Waals surface area (Å²) in [5.41, 5.74) is 0. The Balaban J connectivity index is -0.0000000720. The van der Waals surface area contributed by atoms with Gasteiger partial charge in [-0.25, -0.2) is 0 Å². The van der Waals surface area contributed by atoms with E-state index in [9.17, 15) is 0 Å². The summed E-state index contributed by atoms with van der Waals surface area (Å²) < 4.78 is 0. The van der Waals surface area contributed by atoms with Crippen molar-refractivity contribution in [3.05, 3.63) is 0 Å². The zero-order valence-corrected chi connectivity index (χ0v) is 9.45. The molecule has 0 saturated carbocycles. The summed E-state index contributed by atoms with van der Waals surface area (Å²) >= 11 is 0. The van der Waals surface area contributed by atoms with Crippen LogP contribution in [0, 0.1) is 0 Å². The fraction of sp³-hybridized carbons (Fsp3) is 0.500. The van der Waals surface area contributed by atoms with Gasteiger partial charge in [0, 0.05) is 41.1 Å². The van der Waals surface area contributed by atoms with Gasteiger partial charge in [-0.05, 0) is 0 Å². The van der Waals surface area contributed by atoms with Gasteiger partial charge in [0.2, 0.25) is 0 Å². The van der Waals surface area contributed by atoms with E-state index in [0.717, 1.165) is 13.8 Å². The molecular weight excluding hydrogens is 224 g/mol. The van der Waals surface area contributed by atoms with E-state index < -0.39 is 11.9 Å². The van der Waals surface area contributed by atoms with E-state index in [4.69, 9.17) is 19.8 Å². The van der Waals surface area contributed by atoms with Crippen molar-refractivity contribution in [1.82, 2.24) is 0 Å². The predicted octanol–water partition coefficient (Wildman–Crippen LogP) is 0.179. The first-order chi connectivity index (χ1) is 3.46. The van der Waals surface area contributed by atoms with Gasteiger partial charge in [0.05, 0.1) is 0 Å². The number of rotatable bonds is 0. The van der Waals surface area contributed by atoms with Crippen molar-refractivity contribution >= 4 is 11.9 Å². The van der Waals surface area contributed by atoms with Crippen molar-refractivity contribution in [2.45, 2.75) is 13.8 Å². The van der Waals surface area contributed by atoms with E-state index in [1.807, 2.05) is 0 Å². The molecular formula is C4H8CdO4. The monoisotopic (exact) mass is 234 g/mol. The van der Waals surface area contributed by atoms with E-state index in [1.54, 1.807) is 0 Å². The van der Waals surface area contributed by atoms with Crippen LogP contribution in [-0.4, -0.2) is 22.2 Å². The van der Waals surface area contributed by atoms with Gasteiger partial charge in [-0.1, -0.05) is 0 Å². The standard InChI is InChI=1S/2C2H4O2.Cd/c2*1-2(3)4;/h2*1H3,(H,3,4);. The minimum atomic E-state index is -0.833. The van der Waals surface area contributed by atoms with Gasteiger partial charge < -0.3 is 10.2 Å². The van der Waals surface area contributed by atoms with Crippen LogP contribution in [0.1, 0.15) is 13.8 Å². The number of carbonyl (C=O) groups is 2. The molecule has 0 fully saturated rings. The van der Waals surface area contributed by atoms with Crippen LogP contribution >= 0.6 is 0 Å². The summed E-state index contributed by atoms with van der Waals surface area (Å²) in [5, 5.41) is 14.8. The smallest absolute Gasteiger partial charge is 0.300 e. The molecule has 0 radical (unpaired) electrons. The second-order valence-corrected chi connectivity index (χ2v) is 1.04. The average molecular weight is 233 g/mol. The average Bonchev–Trinajstić information content (AvgIpc) is 1.25. The van der Waals surface area contributed by atoms with Crippen LogP contribution in [0.5, 0.6) is 0 Å². The molecule has 0 aliphatic heterocycles. The molecule has 0 amide bonds. The Morgan fingerprint density at radius 2 is 1.00 bits per heavy atom. The minimum Gasteiger partial charge on any atom is -0.481 e. The molecule has 0 aromatic carbocycles. The SMILES string of the molecule is CC(=O)O.CC(=O)O.[Cd]. The molecule has 9 heavy (non-hydrogen) atoms. The zero-order valence-electron chi connectivity index (χ0n) is 5.42. The molecule has 2 N–H and O–H groups in total. The van der Waals surface area contributed by atoms with Crippen molar-refractivity contribution in [3.63, 3.8) is 0 Å². The first-order valence-electron chi connectivity index (χ1n) is 1.86. The maximum Gasteiger partial charge on any atom is 0.300 e. The summed E-state index contributed by atoms with van der Waals surface area (Å²) in [6, 6.07) is 0. The molecule has 0 bridgehead atoms. The number of carboxylic acids is 2. The van der Waals surface area contributed by atoms with Gasteiger partial charge >= 0.3 is 0 Å². The van der Waals surface area contributed by atoms with Gasteiger partial charge in [-0.2, -0.15) is 0 Å². The van der Waals surface area contributed by atoms with Crippen molar-refractivity contribution < 1.29 is 47.1 Å². The molecule has 0 rings (SSSR count). The predicted molar refractivity (Wildman–Crippen MR) is 26.6 cm³/mol. The maximum atomic E-state index is 9.00. The van der Waals surface area contributed by atoms with Gasteiger partial charge in [0.25, 0.3) is 11.9 Å². The first-order valence-corrected chi connectivity index (χ1v) is 1.86. The van der Waals surface area contributed by atoms with Crippen LogP contribution < -0.4 is 0 Å². The second-order valence-electron chi connectivity index (χ2n) is 1.04. The largest absolute Gasteiger partial charge is 0.481 e. The fourth-order valence-corrected chi connectivity index (χ4v) is 0. The molecule has 0 heterocycles. The summed E-state index contributed by atoms with van der Waals surface area (Å²) in [6.45, 7) is 2.17. The van der Waals surface area contributed by atoms with E-state index in [-0.39, 0.29) is 27.3 Å². The molecule has 4 nitrogen and oxygen atoms in total. The Kier molecular flexibility index (Phi) is 19.1. The van der Waals surface area contributed by atoms with Crippen molar-refractivity contribution in [2.24, 2.45) is 0 Å². The number of hydrogen-bond acceptors (Lipinski definition) is 2. The van der Waals surface area contributed by atoms with Crippen molar-refractivity contribution in [1.29, 1.82) is 0 Å².